The topological polar surface area (TPSA) is 107 Å². The van der Waals surface area contributed by atoms with E-state index in [1.165, 1.54) is 0 Å². The van der Waals surface area contributed by atoms with Crippen molar-refractivity contribution in [1.82, 2.24) is 20.3 Å². The van der Waals surface area contributed by atoms with E-state index in [9.17, 15) is 4.79 Å². The van der Waals surface area contributed by atoms with Crippen LogP contribution < -0.4 is 5.32 Å². The molecular weight excluding hydrogens is 394 g/mol. The number of nitrogens with zero attached hydrogens (tertiary/aromatic N) is 4. The number of benzene rings is 2. The molecule has 31 heavy (non-hydrogen) atoms. The standard InChI is InChI=1S/C23H17N5O3/c29-21(14-19-17-6-2-4-8-20(17)30-27-19)25-18-7-3-1-5-16(18)13-22-26-23(28-31-22)15-9-11-24-12-10-15/h1-12H,13-14H2,(H,25,29). The summed E-state index contributed by atoms with van der Waals surface area (Å²) in [6.45, 7) is 0. The van der Waals surface area contributed by atoms with Gasteiger partial charge in [-0.25, -0.2) is 0 Å². The van der Waals surface area contributed by atoms with Gasteiger partial charge in [0.15, 0.2) is 5.58 Å². The summed E-state index contributed by atoms with van der Waals surface area (Å²) in [5.74, 6) is 0.766. The minimum absolute atomic E-state index is 0.109. The van der Waals surface area contributed by atoms with Crippen molar-refractivity contribution in [2.24, 2.45) is 0 Å². The smallest absolute Gasteiger partial charge is 0.231 e. The number of amides is 1. The van der Waals surface area contributed by atoms with Crippen molar-refractivity contribution in [3.63, 3.8) is 0 Å². The van der Waals surface area contributed by atoms with Crippen molar-refractivity contribution in [1.29, 1.82) is 0 Å². The number of fused-ring (bicyclic) bond motifs is 1. The molecule has 0 fully saturated rings. The maximum Gasteiger partial charge on any atom is 0.231 e. The lowest BCUT2D eigenvalue weighted by atomic mass is 10.1. The molecule has 1 amide bonds. The lowest BCUT2D eigenvalue weighted by molar-refractivity contribution is -0.115. The van der Waals surface area contributed by atoms with Gasteiger partial charge >= 0.3 is 0 Å². The summed E-state index contributed by atoms with van der Waals surface area (Å²) in [7, 11) is 0. The Hall–Kier alpha value is -4.33. The number of hydrogen-bond acceptors (Lipinski definition) is 7. The summed E-state index contributed by atoms with van der Waals surface area (Å²) >= 11 is 0. The second-order valence-corrected chi connectivity index (χ2v) is 6.93. The van der Waals surface area contributed by atoms with Crippen molar-refractivity contribution < 1.29 is 13.8 Å². The Kier molecular flexibility index (Phi) is 4.94. The van der Waals surface area contributed by atoms with Crippen molar-refractivity contribution >= 4 is 22.6 Å². The van der Waals surface area contributed by atoms with E-state index in [4.69, 9.17) is 9.05 Å². The third-order valence-corrected chi connectivity index (χ3v) is 4.82. The highest BCUT2D eigenvalue weighted by Gasteiger charge is 2.15. The zero-order chi connectivity index (χ0) is 21.0. The Morgan fingerprint density at radius 1 is 0.903 bits per heavy atom. The maximum atomic E-state index is 12.7. The first-order valence-corrected chi connectivity index (χ1v) is 9.70. The lowest BCUT2D eigenvalue weighted by Gasteiger charge is -2.09. The number of pyridine rings is 1. The normalized spacial score (nSPS) is 11.0. The number of para-hydroxylation sites is 2. The molecule has 8 nitrogen and oxygen atoms in total. The molecular formula is C23H17N5O3. The van der Waals surface area contributed by atoms with Crippen LogP contribution in [0, 0.1) is 0 Å². The minimum atomic E-state index is -0.186. The number of rotatable bonds is 6. The highest BCUT2D eigenvalue weighted by Crippen LogP contribution is 2.22. The van der Waals surface area contributed by atoms with Crippen LogP contribution in [0.3, 0.4) is 0 Å². The summed E-state index contributed by atoms with van der Waals surface area (Å²) in [5.41, 5.74) is 3.64. The third-order valence-electron chi connectivity index (χ3n) is 4.82. The van der Waals surface area contributed by atoms with Gasteiger partial charge in [0.1, 0.15) is 5.69 Å². The van der Waals surface area contributed by atoms with E-state index in [1.807, 2.05) is 60.7 Å². The van der Waals surface area contributed by atoms with Crippen molar-refractivity contribution in [2.75, 3.05) is 5.32 Å². The molecule has 2 aromatic carbocycles. The van der Waals surface area contributed by atoms with Gasteiger partial charge in [-0.1, -0.05) is 40.6 Å². The minimum Gasteiger partial charge on any atom is -0.356 e. The molecule has 0 bridgehead atoms. The highest BCUT2D eigenvalue weighted by atomic mass is 16.5. The van der Waals surface area contributed by atoms with E-state index in [1.54, 1.807) is 12.4 Å². The van der Waals surface area contributed by atoms with Crippen molar-refractivity contribution in [2.45, 2.75) is 12.8 Å². The molecule has 0 aliphatic rings. The average molecular weight is 411 g/mol. The van der Waals surface area contributed by atoms with Crippen LogP contribution in [0.4, 0.5) is 5.69 Å². The predicted octanol–water partition coefficient (Wildman–Crippen LogP) is 4.04. The van der Waals surface area contributed by atoms with Gasteiger partial charge in [0.05, 0.1) is 12.8 Å². The van der Waals surface area contributed by atoms with E-state index in [0.717, 1.165) is 16.5 Å². The van der Waals surface area contributed by atoms with Gasteiger partial charge in [0.25, 0.3) is 0 Å². The molecule has 0 aliphatic heterocycles. The first-order chi connectivity index (χ1) is 15.3. The van der Waals surface area contributed by atoms with E-state index in [2.05, 4.69) is 25.6 Å². The third kappa shape index (κ3) is 4.04. The molecule has 1 N–H and O–H groups in total. The summed E-state index contributed by atoms with van der Waals surface area (Å²) in [5, 5.41) is 11.8. The Labute approximate surface area is 176 Å². The zero-order valence-corrected chi connectivity index (χ0v) is 16.4. The Morgan fingerprint density at radius 2 is 1.71 bits per heavy atom. The van der Waals surface area contributed by atoms with Crippen LogP contribution in [0.25, 0.3) is 22.4 Å². The number of anilines is 1. The molecule has 5 rings (SSSR count). The van der Waals surface area contributed by atoms with Gasteiger partial charge in [-0.2, -0.15) is 4.98 Å². The highest BCUT2D eigenvalue weighted by molar-refractivity contribution is 5.95. The van der Waals surface area contributed by atoms with Gasteiger partial charge in [-0.3, -0.25) is 9.78 Å². The van der Waals surface area contributed by atoms with E-state index >= 15 is 0 Å². The molecule has 0 atom stereocenters. The van der Waals surface area contributed by atoms with E-state index in [-0.39, 0.29) is 12.3 Å². The molecule has 0 spiro atoms. The van der Waals surface area contributed by atoms with E-state index in [0.29, 0.717) is 35.1 Å². The zero-order valence-electron chi connectivity index (χ0n) is 16.4. The van der Waals surface area contributed by atoms with E-state index < -0.39 is 0 Å². The molecule has 0 radical (unpaired) electrons. The van der Waals surface area contributed by atoms with Gasteiger partial charge in [-0.15, -0.1) is 0 Å². The molecule has 5 aromatic rings. The number of hydrogen-bond donors (Lipinski definition) is 1. The fourth-order valence-corrected chi connectivity index (χ4v) is 3.32. The monoisotopic (exact) mass is 411 g/mol. The largest absolute Gasteiger partial charge is 0.356 e. The fourth-order valence-electron chi connectivity index (χ4n) is 3.32. The van der Waals surface area contributed by atoms with Crippen LogP contribution in [0.15, 0.2) is 82.1 Å². The Morgan fingerprint density at radius 3 is 2.61 bits per heavy atom. The fraction of sp³-hybridized carbons (Fsp3) is 0.0870. The van der Waals surface area contributed by atoms with Crippen molar-refractivity contribution in [3.05, 3.63) is 90.2 Å². The number of nitrogens with one attached hydrogen (secondary N) is 1. The number of aromatic nitrogens is 4. The summed E-state index contributed by atoms with van der Waals surface area (Å²) < 4.78 is 10.7. The number of carbonyl (C=O) groups excluding carboxylic acids is 1. The molecule has 152 valence electrons. The molecule has 3 heterocycles. The van der Waals surface area contributed by atoms with Gasteiger partial charge < -0.3 is 14.4 Å². The van der Waals surface area contributed by atoms with Crippen LogP contribution in [-0.2, 0) is 17.6 Å². The summed E-state index contributed by atoms with van der Waals surface area (Å²) in [6, 6.07) is 18.6. The number of carbonyl (C=O) groups is 1. The summed E-state index contributed by atoms with van der Waals surface area (Å²) in [4.78, 5) is 21.1. The first-order valence-electron chi connectivity index (χ1n) is 9.70. The first kappa shape index (κ1) is 18.7. The van der Waals surface area contributed by atoms with Gasteiger partial charge in [0.2, 0.25) is 17.6 Å². The molecule has 8 heteroatoms. The van der Waals surface area contributed by atoms with Gasteiger partial charge in [-0.05, 0) is 35.9 Å². The van der Waals surface area contributed by atoms with Crippen LogP contribution >= 0.6 is 0 Å². The second kappa shape index (κ2) is 8.19. The van der Waals surface area contributed by atoms with Gasteiger partial charge in [0, 0.05) is 29.0 Å². The second-order valence-electron chi connectivity index (χ2n) is 6.93. The lowest BCUT2D eigenvalue weighted by Crippen LogP contribution is -2.16. The average Bonchev–Trinajstić information content (AvgIpc) is 3.43. The molecule has 0 aliphatic carbocycles. The van der Waals surface area contributed by atoms with Crippen LogP contribution in [0.5, 0.6) is 0 Å². The summed E-state index contributed by atoms with van der Waals surface area (Å²) in [6.07, 6.45) is 3.85. The Balaban J connectivity index is 1.31. The molecule has 0 saturated carbocycles. The van der Waals surface area contributed by atoms with Crippen LogP contribution in [0.1, 0.15) is 17.1 Å². The Bertz CT molecular complexity index is 1340. The molecule has 3 aromatic heterocycles. The molecule has 0 unspecified atom stereocenters. The maximum absolute atomic E-state index is 12.7. The van der Waals surface area contributed by atoms with Crippen LogP contribution in [0.2, 0.25) is 0 Å². The van der Waals surface area contributed by atoms with Crippen LogP contribution in [-0.4, -0.2) is 26.2 Å². The van der Waals surface area contributed by atoms with Crippen molar-refractivity contribution in [3.8, 4) is 11.4 Å². The predicted molar refractivity (Wildman–Crippen MR) is 113 cm³/mol. The molecule has 0 saturated heterocycles. The quantitative estimate of drug-likeness (QED) is 0.449. The SMILES string of the molecule is O=C(Cc1noc2ccccc12)Nc1ccccc1Cc1nc(-c2ccncc2)no1.